The predicted molar refractivity (Wildman–Crippen MR) is 101 cm³/mol. The molecule has 0 bridgehead atoms. The first kappa shape index (κ1) is 18.8. The molecule has 0 saturated carbocycles. The van der Waals surface area contributed by atoms with Crippen molar-refractivity contribution in [1.29, 1.82) is 0 Å². The van der Waals surface area contributed by atoms with E-state index in [9.17, 15) is 8.42 Å². The van der Waals surface area contributed by atoms with Gasteiger partial charge in [-0.15, -0.1) is 0 Å². The molecule has 2 aromatic rings. The molecule has 1 aromatic carbocycles. The Kier molecular flexibility index (Phi) is 5.88. The Balaban J connectivity index is 1.54. The fourth-order valence-corrected chi connectivity index (χ4v) is 3.99. The van der Waals surface area contributed by atoms with Crippen LogP contribution in [-0.2, 0) is 35.8 Å². The molecule has 0 atom stereocenters. The van der Waals surface area contributed by atoms with E-state index in [1.807, 2.05) is 0 Å². The SMILES string of the molecule is CCc1ccccc1CCCOc1ncc2c(n1)CCN(S(C)(=O)=O)C2. The molecule has 1 aromatic heterocycles. The van der Waals surface area contributed by atoms with E-state index in [0.29, 0.717) is 32.1 Å². The maximum absolute atomic E-state index is 11.7. The summed E-state index contributed by atoms with van der Waals surface area (Å²) in [5.74, 6) is 0. The molecule has 6 nitrogen and oxygen atoms in total. The molecule has 0 N–H and O–H groups in total. The van der Waals surface area contributed by atoms with Crippen LogP contribution in [0.4, 0.5) is 0 Å². The van der Waals surface area contributed by atoms with Crippen LogP contribution in [0.15, 0.2) is 30.5 Å². The van der Waals surface area contributed by atoms with Crippen molar-refractivity contribution in [3.05, 3.63) is 52.8 Å². The van der Waals surface area contributed by atoms with Crippen molar-refractivity contribution in [2.45, 2.75) is 39.2 Å². The van der Waals surface area contributed by atoms with E-state index in [1.54, 1.807) is 6.20 Å². The minimum absolute atomic E-state index is 0.336. The summed E-state index contributed by atoms with van der Waals surface area (Å²) in [6, 6.07) is 8.86. The first-order valence-electron chi connectivity index (χ1n) is 8.97. The second kappa shape index (κ2) is 8.14. The lowest BCUT2D eigenvalue weighted by Gasteiger charge is -2.25. The molecular formula is C19H25N3O3S. The number of hydrogen-bond acceptors (Lipinski definition) is 5. The summed E-state index contributed by atoms with van der Waals surface area (Å²) in [7, 11) is -3.18. The van der Waals surface area contributed by atoms with Crippen molar-refractivity contribution < 1.29 is 13.2 Å². The van der Waals surface area contributed by atoms with Gasteiger partial charge in [0.1, 0.15) is 0 Å². The largest absolute Gasteiger partial charge is 0.463 e. The molecule has 0 saturated heterocycles. The number of benzene rings is 1. The van der Waals surface area contributed by atoms with Crippen molar-refractivity contribution in [3.8, 4) is 6.01 Å². The molecule has 0 aliphatic carbocycles. The third kappa shape index (κ3) is 4.59. The van der Waals surface area contributed by atoms with Crippen molar-refractivity contribution in [1.82, 2.24) is 14.3 Å². The second-order valence-electron chi connectivity index (χ2n) is 6.55. The van der Waals surface area contributed by atoms with Crippen molar-refractivity contribution in [3.63, 3.8) is 0 Å². The van der Waals surface area contributed by atoms with Crippen LogP contribution < -0.4 is 4.74 Å². The molecule has 2 heterocycles. The Bertz CT molecular complexity index is 868. The van der Waals surface area contributed by atoms with E-state index in [1.165, 1.54) is 21.7 Å². The minimum atomic E-state index is -3.18. The van der Waals surface area contributed by atoms with Gasteiger partial charge in [-0.1, -0.05) is 31.2 Å². The van der Waals surface area contributed by atoms with E-state index >= 15 is 0 Å². The van der Waals surface area contributed by atoms with Crippen LogP contribution >= 0.6 is 0 Å². The maximum Gasteiger partial charge on any atom is 0.316 e. The zero-order valence-electron chi connectivity index (χ0n) is 15.3. The standard InChI is InChI=1S/C19H25N3O3S/c1-3-15-7-4-5-8-16(15)9-6-12-25-19-20-13-17-14-22(26(2,23)24)11-10-18(17)21-19/h4-5,7-8,13H,3,6,9-12,14H2,1-2H3. The first-order chi connectivity index (χ1) is 12.5. The maximum atomic E-state index is 11.7. The fourth-order valence-electron chi connectivity index (χ4n) is 3.20. The zero-order valence-corrected chi connectivity index (χ0v) is 16.1. The van der Waals surface area contributed by atoms with Gasteiger partial charge < -0.3 is 4.74 Å². The van der Waals surface area contributed by atoms with Gasteiger partial charge in [0, 0.05) is 31.3 Å². The van der Waals surface area contributed by atoms with Gasteiger partial charge in [0.15, 0.2) is 0 Å². The Morgan fingerprint density at radius 1 is 1.23 bits per heavy atom. The second-order valence-corrected chi connectivity index (χ2v) is 8.53. The first-order valence-corrected chi connectivity index (χ1v) is 10.8. The van der Waals surface area contributed by atoms with Crippen LogP contribution in [0, 0.1) is 0 Å². The molecule has 3 rings (SSSR count). The lowest BCUT2D eigenvalue weighted by atomic mass is 10.0. The number of rotatable bonds is 7. The molecule has 1 aliphatic heterocycles. The Hall–Kier alpha value is -1.99. The normalized spacial score (nSPS) is 14.8. The van der Waals surface area contributed by atoms with Crippen LogP contribution in [0.5, 0.6) is 6.01 Å². The zero-order chi connectivity index (χ0) is 18.6. The lowest BCUT2D eigenvalue weighted by Crippen LogP contribution is -2.35. The molecule has 0 unspecified atom stereocenters. The van der Waals surface area contributed by atoms with Gasteiger partial charge in [0.05, 0.1) is 18.6 Å². The van der Waals surface area contributed by atoms with Gasteiger partial charge >= 0.3 is 6.01 Å². The molecule has 26 heavy (non-hydrogen) atoms. The van der Waals surface area contributed by atoms with Gasteiger partial charge in [-0.2, -0.15) is 9.29 Å². The average molecular weight is 375 g/mol. The van der Waals surface area contributed by atoms with Gasteiger partial charge in [0.25, 0.3) is 0 Å². The molecule has 140 valence electrons. The summed E-state index contributed by atoms with van der Waals surface area (Å²) in [6.45, 7) is 3.52. The Morgan fingerprint density at radius 2 is 2.00 bits per heavy atom. The number of ether oxygens (including phenoxy) is 1. The monoisotopic (exact) mass is 375 g/mol. The molecule has 7 heteroatoms. The van der Waals surface area contributed by atoms with E-state index in [2.05, 4.69) is 41.2 Å². The quantitative estimate of drug-likeness (QED) is 0.695. The smallest absolute Gasteiger partial charge is 0.316 e. The molecular weight excluding hydrogens is 350 g/mol. The molecule has 0 fully saturated rings. The minimum Gasteiger partial charge on any atom is -0.463 e. The van der Waals surface area contributed by atoms with Crippen molar-refractivity contribution in [2.75, 3.05) is 19.4 Å². The summed E-state index contributed by atoms with van der Waals surface area (Å²) in [5.41, 5.74) is 4.48. The Morgan fingerprint density at radius 3 is 2.73 bits per heavy atom. The van der Waals surface area contributed by atoms with Gasteiger partial charge in [0.2, 0.25) is 10.0 Å². The summed E-state index contributed by atoms with van der Waals surface area (Å²) < 4.78 is 30.5. The number of aryl methyl sites for hydroxylation is 2. The van der Waals surface area contributed by atoms with E-state index < -0.39 is 10.0 Å². The van der Waals surface area contributed by atoms with Crippen LogP contribution in [0.2, 0.25) is 0 Å². The molecule has 1 aliphatic rings. The number of sulfonamides is 1. The van der Waals surface area contributed by atoms with Crippen molar-refractivity contribution >= 4 is 10.0 Å². The average Bonchev–Trinajstić information content (AvgIpc) is 2.64. The van der Waals surface area contributed by atoms with Crippen LogP contribution in [-0.4, -0.2) is 42.1 Å². The highest BCUT2D eigenvalue weighted by Gasteiger charge is 2.24. The van der Waals surface area contributed by atoms with Gasteiger partial charge in [-0.3, -0.25) is 0 Å². The summed E-state index contributed by atoms with van der Waals surface area (Å²) in [5, 5.41) is 0. The highest BCUT2D eigenvalue weighted by Crippen LogP contribution is 2.20. The molecule has 0 radical (unpaired) electrons. The summed E-state index contributed by atoms with van der Waals surface area (Å²) >= 11 is 0. The van der Waals surface area contributed by atoms with Crippen LogP contribution in [0.1, 0.15) is 35.7 Å². The predicted octanol–water partition coefficient (Wildman–Crippen LogP) is 2.37. The molecule has 0 spiro atoms. The summed E-state index contributed by atoms with van der Waals surface area (Å²) in [4.78, 5) is 8.69. The van der Waals surface area contributed by atoms with E-state index in [-0.39, 0.29) is 0 Å². The Labute approximate surface area is 155 Å². The number of hydrogen-bond donors (Lipinski definition) is 0. The van der Waals surface area contributed by atoms with E-state index in [4.69, 9.17) is 4.74 Å². The number of fused-ring (bicyclic) bond motifs is 1. The number of aromatic nitrogens is 2. The summed E-state index contributed by atoms with van der Waals surface area (Å²) in [6.07, 6.45) is 6.41. The highest BCUT2D eigenvalue weighted by molar-refractivity contribution is 7.88. The van der Waals surface area contributed by atoms with Crippen LogP contribution in [0.3, 0.4) is 0 Å². The van der Waals surface area contributed by atoms with Crippen LogP contribution in [0.25, 0.3) is 0 Å². The van der Waals surface area contributed by atoms with Crippen molar-refractivity contribution in [2.24, 2.45) is 0 Å². The third-order valence-corrected chi connectivity index (χ3v) is 5.92. The lowest BCUT2D eigenvalue weighted by molar-refractivity contribution is 0.283. The fraction of sp³-hybridized carbons (Fsp3) is 0.474. The highest BCUT2D eigenvalue weighted by atomic mass is 32.2. The van der Waals surface area contributed by atoms with Gasteiger partial charge in [-0.05, 0) is 30.4 Å². The third-order valence-electron chi connectivity index (χ3n) is 4.67. The van der Waals surface area contributed by atoms with E-state index in [0.717, 1.165) is 30.5 Å². The topological polar surface area (TPSA) is 72.4 Å². The molecule has 0 amide bonds. The van der Waals surface area contributed by atoms with Gasteiger partial charge in [-0.25, -0.2) is 13.4 Å². The number of nitrogens with zero attached hydrogens (tertiary/aromatic N) is 3.